The third-order valence-electron chi connectivity index (χ3n) is 2.02. The van der Waals surface area contributed by atoms with Gasteiger partial charge < -0.3 is 15.2 Å². The van der Waals surface area contributed by atoms with Crippen LogP contribution in [-0.4, -0.2) is 30.2 Å². The molecular formula is C11H11Cl2NO4. The Kier molecular flexibility index (Phi) is 5.40. The maximum Gasteiger partial charge on any atom is 0.339 e. The number of carboxylic acid groups (broad SMARTS) is 1. The molecule has 98 valence electrons. The molecule has 1 rings (SSSR count). The van der Waals surface area contributed by atoms with Crippen molar-refractivity contribution in [1.29, 1.82) is 0 Å². The molecule has 0 aliphatic heterocycles. The topological polar surface area (TPSA) is 75.6 Å². The van der Waals surface area contributed by atoms with Crippen molar-refractivity contribution in [3.63, 3.8) is 0 Å². The zero-order valence-electron chi connectivity index (χ0n) is 9.50. The standard InChI is InChI=1S/C11H11Cl2NO4/c1-2-18-5-8(15)14-10-7(13)4-3-6(12)9(10)11(16)17/h3-4H,2,5H2,1H3,(H,14,15)(H,16,17). The van der Waals surface area contributed by atoms with Gasteiger partial charge in [0, 0.05) is 6.61 Å². The van der Waals surface area contributed by atoms with Crippen LogP contribution in [0.3, 0.4) is 0 Å². The van der Waals surface area contributed by atoms with E-state index in [2.05, 4.69) is 5.32 Å². The van der Waals surface area contributed by atoms with Crippen LogP contribution >= 0.6 is 23.2 Å². The molecule has 7 heteroatoms. The van der Waals surface area contributed by atoms with Crippen LogP contribution in [0, 0.1) is 0 Å². The van der Waals surface area contributed by atoms with E-state index in [1.807, 2.05) is 0 Å². The van der Waals surface area contributed by atoms with Crippen LogP contribution < -0.4 is 5.32 Å². The molecule has 0 fully saturated rings. The van der Waals surface area contributed by atoms with E-state index < -0.39 is 11.9 Å². The molecule has 0 saturated carbocycles. The minimum Gasteiger partial charge on any atom is -0.478 e. The number of aromatic carboxylic acids is 1. The summed E-state index contributed by atoms with van der Waals surface area (Å²) in [7, 11) is 0. The Balaban J connectivity index is 3.03. The smallest absolute Gasteiger partial charge is 0.339 e. The lowest BCUT2D eigenvalue weighted by Crippen LogP contribution is -2.20. The van der Waals surface area contributed by atoms with Gasteiger partial charge in [0.15, 0.2) is 0 Å². The number of carbonyl (C=O) groups excluding carboxylic acids is 1. The molecule has 0 saturated heterocycles. The molecule has 0 aliphatic rings. The molecule has 1 amide bonds. The number of carbonyl (C=O) groups is 2. The molecular weight excluding hydrogens is 281 g/mol. The highest BCUT2D eigenvalue weighted by atomic mass is 35.5. The van der Waals surface area contributed by atoms with Gasteiger partial charge in [0.2, 0.25) is 5.91 Å². The van der Waals surface area contributed by atoms with Crippen LogP contribution in [-0.2, 0) is 9.53 Å². The van der Waals surface area contributed by atoms with E-state index in [4.69, 9.17) is 33.0 Å². The van der Waals surface area contributed by atoms with Crippen molar-refractivity contribution in [3.8, 4) is 0 Å². The monoisotopic (exact) mass is 291 g/mol. The van der Waals surface area contributed by atoms with Crippen LogP contribution in [0.4, 0.5) is 5.69 Å². The molecule has 0 radical (unpaired) electrons. The van der Waals surface area contributed by atoms with Crippen LogP contribution in [0.1, 0.15) is 17.3 Å². The van der Waals surface area contributed by atoms with E-state index in [-0.39, 0.29) is 27.9 Å². The largest absolute Gasteiger partial charge is 0.478 e. The summed E-state index contributed by atoms with van der Waals surface area (Å²) >= 11 is 11.6. The molecule has 0 spiro atoms. The van der Waals surface area contributed by atoms with Crippen molar-refractivity contribution in [3.05, 3.63) is 27.7 Å². The average Bonchev–Trinajstić information content (AvgIpc) is 2.30. The first-order valence-electron chi connectivity index (χ1n) is 5.06. The van der Waals surface area contributed by atoms with E-state index in [1.165, 1.54) is 12.1 Å². The van der Waals surface area contributed by atoms with E-state index >= 15 is 0 Å². The van der Waals surface area contributed by atoms with Gasteiger partial charge >= 0.3 is 5.97 Å². The number of nitrogens with one attached hydrogen (secondary N) is 1. The fourth-order valence-corrected chi connectivity index (χ4v) is 1.70. The number of carboxylic acids is 1. The molecule has 0 atom stereocenters. The van der Waals surface area contributed by atoms with E-state index in [9.17, 15) is 9.59 Å². The van der Waals surface area contributed by atoms with E-state index in [1.54, 1.807) is 6.92 Å². The van der Waals surface area contributed by atoms with Gasteiger partial charge in [0.25, 0.3) is 0 Å². The summed E-state index contributed by atoms with van der Waals surface area (Å²) in [6.45, 7) is 1.93. The fourth-order valence-electron chi connectivity index (χ4n) is 1.25. The summed E-state index contributed by atoms with van der Waals surface area (Å²) in [6.07, 6.45) is 0. The highest BCUT2D eigenvalue weighted by Gasteiger charge is 2.19. The lowest BCUT2D eigenvalue weighted by molar-refractivity contribution is -0.120. The van der Waals surface area contributed by atoms with Crippen LogP contribution in [0.2, 0.25) is 10.0 Å². The number of anilines is 1. The fraction of sp³-hybridized carbons (Fsp3) is 0.273. The highest BCUT2D eigenvalue weighted by Crippen LogP contribution is 2.31. The SMILES string of the molecule is CCOCC(=O)Nc1c(Cl)ccc(Cl)c1C(=O)O. The van der Waals surface area contributed by atoms with Crippen LogP contribution in [0.25, 0.3) is 0 Å². The third kappa shape index (κ3) is 3.60. The highest BCUT2D eigenvalue weighted by molar-refractivity contribution is 6.38. The summed E-state index contributed by atoms with van der Waals surface area (Å²) in [5, 5.41) is 11.5. The molecule has 0 aromatic heterocycles. The van der Waals surface area contributed by atoms with Gasteiger partial charge in [-0.15, -0.1) is 0 Å². The molecule has 2 N–H and O–H groups in total. The number of ether oxygens (including phenoxy) is 1. The predicted octanol–water partition coefficient (Wildman–Crippen LogP) is 2.67. The third-order valence-corrected chi connectivity index (χ3v) is 2.65. The van der Waals surface area contributed by atoms with Gasteiger partial charge in [-0.3, -0.25) is 4.79 Å². The van der Waals surface area contributed by atoms with E-state index in [0.717, 1.165) is 0 Å². The Morgan fingerprint density at radius 3 is 2.50 bits per heavy atom. The molecule has 1 aromatic carbocycles. The Bertz CT molecular complexity index is 476. The molecule has 18 heavy (non-hydrogen) atoms. The molecule has 0 unspecified atom stereocenters. The maximum atomic E-state index is 11.5. The molecule has 5 nitrogen and oxygen atoms in total. The minimum absolute atomic E-state index is 0.00129. The van der Waals surface area contributed by atoms with Gasteiger partial charge in [-0.1, -0.05) is 23.2 Å². The number of hydrogen-bond donors (Lipinski definition) is 2. The first kappa shape index (κ1) is 14.8. The first-order chi connectivity index (χ1) is 8.47. The normalized spacial score (nSPS) is 10.2. The zero-order valence-corrected chi connectivity index (χ0v) is 11.0. The van der Waals surface area contributed by atoms with E-state index in [0.29, 0.717) is 6.61 Å². The van der Waals surface area contributed by atoms with Crippen molar-refractivity contribution >= 4 is 40.8 Å². The second-order valence-electron chi connectivity index (χ2n) is 3.27. The Morgan fingerprint density at radius 2 is 1.94 bits per heavy atom. The summed E-state index contributed by atoms with van der Waals surface area (Å²) in [5.74, 6) is -1.77. The Morgan fingerprint density at radius 1 is 1.33 bits per heavy atom. The summed E-state index contributed by atoms with van der Waals surface area (Å²) in [6, 6.07) is 2.76. The Labute approximate surface area is 114 Å². The van der Waals surface area contributed by atoms with Gasteiger partial charge in [-0.05, 0) is 19.1 Å². The van der Waals surface area contributed by atoms with Gasteiger partial charge in [-0.2, -0.15) is 0 Å². The van der Waals surface area contributed by atoms with Crippen molar-refractivity contribution in [1.82, 2.24) is 0 Å². The predicted molar refractivity (Wildman–Crippen MR) is 68.5 cm³/mol. The summed E-state index contributed by atoms with van der Waals surface area (Å²) in [5.41, 5.74) is -0.268. The lowest BCUT2D eigenvalue weighted by Gasteiger charge is -2.11. The second-order valence-corrected chi connectivity index (χ2v) is 4.08. The first-order valence-corrected chi connectivity index (χ1v) is 5.81. The molecule has 1 aromatic rings. The number of halogens is 2. The van der Waals surface area contributed by atoms with Crippen molar-refractivity contribution < 1.29 is 19.4 Å². The number of rotatable bonds is 5. The quantitative estimate of drug-likeness (QED) is 0.874. The molecule has 0 heterocycles. The summed E-state index contributed by atoms with van der Waals surface area (Å²) < 4.78 is 4.90. The number of benzene rings is 1. The van der Waals surface area contributed by atoms with Gasteiger partial charge in [0.05, 0.1) is 15.7 Å². The molecule has 0 aliphatic carbocycles. The van der Waals surface area contributed by atoms with Crippen molar-refractivity contribution in [2.45, 2.75) is 6.92 Å². The molecule has 0 bridgehead atoms. The maximum absolute atomic E-state index is 11.5. The average molecular weight is 292 g/mol. The van der Waals surface area contributed by atoms with Crippen LogP contribution in [0.15, 0.2) is 12.1 Å². The van der Waals surface area contributed by atoms with Crippen LogP contribution in [0.5, 0.6) is 0 Å². The van der Waals surface area contributed by atoms with Gasteiger partial charge in [-0.25, -0.2) is 4.79 Å². The zero-order chi connectivity index (χ0) is 13.7. The van der Waals surface area contributed by atoms with Crippen molar-refractivity contribution in [2.75, 3.05) is 18.5 Å². The second kappa shape index (κ2) is 6.58. The minimum atomic E-state index is -1.27. The van der Waals surface area contributed by atoms with Gasteiger partial charge in [0.1, 0.15) is 12.2 Å². The summed E-state index contributed by atoms with van der Waals surface area (Å²) in [4.78, 5) is 22.5. The van der Waals surface area contributed by atoms with Crippen molar-refractivity contribution in [2.24, 2.45) is 0 Å². The Hall–Kier alpha value is -1.30. The lowest BCUT2D eigenvalue weighted by atomic mass is 10.1. The number of hydrogen-bond acceptors (Lipinski definition) is 3. The number of amides is 1.